The van der Waals surface area contributed by atoms with Crippen LogP contribution in [-0.2, 0) is 6.42 Å². The molecule has 0 radical (unpaired) electrons. The van der Waals surface area contributed by atoms with Gasteiger partial charge >= 0.3 is 0 Å². The molecule has 21 heavy (non-hydrogen) atoms. The lowest BCUT2D eigenvalue weighted by molar-refractivity contribution is 0.399. The van der Waals surface area contributed by atoms with Gasteiger partial charge in [0, 0.05) is 16.1 Å². The number of hydrogen-bond acceptors (Lipinski definition) is 2. The normalized spacial score (nSPS) is 12.2. The van der Waals surface area contributed by atoms with Gasteiger partial charge in [-0.05, 0) is 43.1 Å². The molecule has 0 saturated carbocycles. The van der Waals surface area contributed by atoms with Gasteiger partial charge in [0.1, 0.15) is 5.75 Å². The summed E-state index contributed by atoms with van der Waals surface area (Å²) >= 11 is 3.50. The monoisotopic (exact) mass is 347 g/mol. The third-order valence-electron chi connectivity index (χ3n) is 3.71. The number of nitrogens with one attached hydrogen (secondary N) is 1. The van der Waals surface area contributed by atoms with Crippen molar-refractivity contribution in [2.24, 2.45) is 0 Å². The Morgan fingerprint density at radius 1 is 1.19 bits per heavy atom. The average Bonchev–Trinajstić information content (AvgIpc) is 2.49. The predicted octanol–water partition coefficient (Wildman–Crippen LogP) is 4.66. The van der Waals surface area contributed by atoms with Crippen molar-refractivity contribution >= 4 is 15.9 Å². The summed E-state index contributed by atoms with van der Waals surface area (Å²) in [4.78, 5) is 0. The molecule has 2 aromatic carbocycles. The van der Waals surface area contributed by atoms with Gasteiger partial charge in [-0.2, -0.15) is 0 Å². The van der Waals surface area contributed by atoms with Crippen LogP contribution in [0.2, 0.25) is 0 Å². The molecular formula is C18H22BrNO. The molecule has 3 heteroatoms. The van der Waals surface area contributed by atoms with E-state index >= 15 is 0 Å². The van der Waals surface area contributed by atoms with Gasteiger partial charge in [0.05, 0.1) is 7.11 Å². The van der Waals surface area contributed by atoms with Crippen molar-refractivity contribution in [3.63, 3.8) is 0 Å². The summed E-state index contributed by atoms with van der Waals surface area (Å²) in [6.45, 7) is 5.23. The fourth-order valence-electron chi connectivity index (χ4n) is 2.57. The number of ether oxygens (including phenoxy) is 1. The Labute approximate surface area is 135 Å². The van der Waals surface area contributed by atoms with Crippen LogP contribution >= 0.6 is 15.9 Å². The van der Waals surface area contributed by atoms with Gasteiger partial charge in [-0.1, -0.05) is 53.2 Å². The van der Waals surface area contributed by atoms with Gasteiger partial charge in [-0.15, -0.1) is 0 Å². The molecule has 0 aliphatic heterocycles. The van der Waals surface area contributed by atoms with Crippen molar-refractivity contribution in [2.45, 2.75) is 26.3 Å². The summed E-state index contributed by atoms with van der Waals surface area (Å²) in [5, 5.41) is 3.57. The zero-order valence-corrected chi connectivity index (χ0v) is 14.4. The van der Waals surface area contributed by atoms with Crippen molar-refractivity contribution in [1.29, 1.82) is 0 Å². The zero-order valence-electron chi connectivity index (χ0n) is 12.8. The fourth-order valence-corrected chi connectivity index (χ4v) is 2.91. The molecule has 0 aliphatic rings. The molecule has 0 amide bonds. The molecule has 0 heterocycles. The van der Waals surface area contributed by atoms with Crippen molar-refractivity contribution < 1.29 is 4.74 Å². The third-order valence-corrected chi connectivity index (χ3v) is 4.20. The Kier molecular flexibility index (Phi) is 5.83. The number of likely N-dealkylation sites (N-methyl/N-ethyl adjacent to an activating group) is 1. The zero-order chi connectivity index (χ0) is 15.2. The number of methoxy groups -OCH3 is 1. The number of halogens is 1. The van der Waals surface area contributed by atoms with Crippen LogP contribution in [0.1, 0.15) is 29.7 Å². The summed E-state index contributed by atoms with van der Waals surface area (Å²) in [6, 6.07) is 15.0. The number of benzene rings is 2. The van der Waals surface area contributed by atoms with Crippen molar-refractivity contribution in [3.8, 4) is 5.75 Å². The maximum Gasteiger partial charge on any atom is 0.124 e. The van der Waals surface area contributed by atoms with E-state index < -0.39 is 0 Å². The highest BCUT2D eigenvalue weighted by atomic mass is 79.9. The van der Waals surface area contributed by atoms with Gasteiger partial charge in [0.25, 0.3) is 0 Å². The van der Waals surface area contributed by atoms with Gasteiger partial charge in [0.15, 0.2) is 0 Å². The first-order valence-electron chi connectivity index (χ1n) is 7.27. The standard InChI is InChI=1S/C18H22BrNO/c1-4-20-17(11-14-8-6-5-7-13(14)2)16-10-9-15(19)12-18(16)21-3/h5-10,12,17,20H,4,11H2,1-3H3. The summed E-state index contributed by atoms with van der Waals surface area (Å²) in [5.74, 6) is 0.920. The predicted molar refractivity (Wildman–Crippen MR) is 92.0 cm³/mol. The Morgan fingerprint density at radius 2 is 1.95 bits per heavy atom. The minimum absolute atomic E-state index is 0.249. The molecule has 2 nitrogen and oxygen atoms in total. The number of hydrogen-bond donors (Lipinski definition) is 1. The molecule has 0 aromatic heterocycles. The lowest BCUT2D eigenvalue weighted by Crippen LogP contribution is -2.23. The van der Waals surface area contributed by atoms with Crippen LogP contribution in [0.4, 0.5) is 0 Å². The van der Waals surface area contributed by atoms with Crippen molar-refractivity contribution in [1.82, 2.24) is 5.32 Å². The lowest BCUT2D eigenvalue weighted by atomic mass is 9.95. The molecule has 0 saturated heterocycles. The highest BCUT2D eigenvalue weighted by Crippen LogP contribution is 2.31. The summed E-state index contributed by atoms with van der Waals surface area (Å²) in [5.41, 5.74) is 3.90. The van der Waals surface area contributed by atoms with Crippen LogP contribution in [0.5, 0.6) is 5.75 Å². The second-order valence-electron chi connectivity index (χ2n) is 5.13. The highest BCUT2D eigenvalue weighted by molar-refractivity contribution is 9.10. The Bertz CT molecular complexity index is 598. The molecule has 2 rings (SSSR count). The molecule has 1 unspecified atom stereocenters. The maximum atomic E-state index is 5.55. The van der Waals surface area contributed by atoms with E-state index in [0.29, 0.717) is 0 Å². The second-order valence-corrected chi connectivity index (χ2v) is 6.04. The molecule has 0 bridgehead atoms. The van der Waals surface area contributed by atoms with Crippen LogP contribution in [0, 0.1) is 6.92 Å². The molecule has 112 valence electrons. The summed E-state index contributed by atoms with van der Waals surface area (Å²) < 4.78 is 6.59. The minimum Gasteiger partial charge on any atom is -0.496 e. The smallest absolute Gasteiger partial charge is 0.124 e. The molecule has 0 aliphatic carbocycles. The van der Waals surface area contributed by atoms with Crippen LogP contribution in [0.3, 0.4) is 0 Å². The van der Waals surface area contributed by atoms with Gasteiger partial charge in [-0.25, -0.2) is 0 Å². The second kappa shape index (κ2) is 7.62. The van der Waals surface area contributed by atoms with E-state index in [4.69, 9.17) is 4.74 Å². The Morgan fingerprint density at radius 3 is 2.62 bits per heavy atom. The minimum atomic E-state index is 0.249. The van der Waals surface area contributed by atoms with E-state index in [0.717, 1.165) is 23.2 Å². The molecule has 1 atom stereocenters. The molecule has 2 aromatic rings. The van der Waals surface area contributed by atoms with Gasteiger partial charge in [-0.3, -0.25) is 0 Å². The van der Waals surface area contributed by atoms with E-state index in [1.165, 1.54) is 16.7 Å². The van der Waals surface area contributed by atoms with E-state index in [1.54, 1.807) is 7.11 Å². The summed E-state index contributed by atoms with van der Waals surface area (Å²) in [6.07, 6.45) is 0.957. The SMILES string of the molecule is CCNC(Cc1ccccc1C)c1ccc(Br)cc1OC. The first-order valence-corrected chi connectivity index (χ1v) is 8.06. The highest BCUT2D eigenvalue weighted by Gasteiger charge is 2.17. The largest absolute Gasteiger partial charge is 0.496 e. The first kappa shape index (κ1) is 16.1. The van der Waals surface area contributed by atoms with Gasteiger partial charge in [0.2, 0.25) is 0 Å². The van der Waals surface area contributed by atoms with Crippen LogP contribution in [-0.4, -0.2) is 13.7 Å². The van der Waals surface area contributed by atoms with Gasteiger partial charge < -0.3 is 10.1 Å². The summed E-state index contributed by atoms with van der Waals surface area (Å²) in [7, 11) is 1.72. The number of aryl methyl sites for hydroxylation is 1. The van der Waals surface area contributed by atoms with Crippen molar-refractivity contribution in [3.05, 3.63) is 63.6 Å². The fraction of sp³-hybridized carbons (Fsp3) is 0.333. The third kappa shape index (κ3) is 4.08. The molecule has 0 fully saturated rings. The molecule has 1 N–H and O–H groups in total. The van der Waals surface area contributed by atoms with Crippen LogP contribution < -0.4 is 10.1 Å². The maximum absolute atomic E-state index is 5.55. The van der Waals surface area contributed by atoms with E-state index in [-0.39, 0.29) is 6.04 Å². The number of rotatable bonds is 6. The van der Waals surface area contributed by atoms with E-state index in [9.17, 15) is 0 Å². The van der Waals surface area contributed by atoms with Crippen LogP contribution in [0.25, 0.3) is 0 Å². The molecular weight excluding hydrogens is 326 g/mol. The van der Waals surface area contributed by atoms with E-state index in [2.05, 4.69) is 71.5 Å². The van der Waals surface area contributed by atoms with E-state index in [1.807, 2.05) is 6.07 Å². The quantitative estimate of drug-likeness (QED) is 0.820. The van der Waals surface area contributed by atoms with Crippen molar-refractivity contribution in [2.75, 3.05) is 13.7 Å². The Balaban J connectivity index is 2.33. The topological polar surface area (TPSA) is 21.3 Å². The average molecular weight is 348 g/mol. The first-order chi connectivity index (χ1) is 10.2. The van der Waals surface area contributed by atoms with Crippen LogP contribution in [0.15, 0.2) is 46.9 Å². The lowest BCUT2D eigenvalue weighted by Gasteiger charge is -2.22. The Hall–Kier alpha value is -1.32. The molecule has 0 spiro atoms.